The molecule has 1 aliphatic rings. The average Bonchev–Trinajstić information content (AvgIpc) is 2.83. The molecule has 2 rings (SSSR count). The Labute approximate surface area is 114 Å². The quantitative estimate of drug-likeness (QED) is 0.844. The molecule has 5 heteroatoms. The first kappa shape index (κ1) is 14.2. The van der Waals surface area contributed by atoms with Crippen molar-refractivity contribution in [1.82, 2.24) is 14.8 Å². The van der Waals surface area contributed by atoms with Crippen molar-refractivity contribution in [2.45, 2.75) is 25.0 Å². The van der Waals surface area contributed by atoms with Crippen molar-refractivity contribution < 1.29 is 9.84 Å². The van der Waals surface area contributed by atoms with Gasteiger partial charge in [-0.3, -0.25) is 4.90 Å². The highest BCUT2D eigenvalue weighted by Gasteiger charge is 2.32. The van der Waals surface area contributed by atoms with Gasteiger partial charge in [0.25, 0.3) is 0 Å². The van der Waals surface area contributed by atoms with Crippen molar-refractivity contribution >= 4 is 0 Å². The maximum Gasteiger partial charge on any atom is 0.212 e. The summed E-state index contributed by atoms with van der Waals surface area (Å²) in [5, 5.41) is 9.50. The van der Waals surface area contributed by atoms with Crippen LogP contribution in [0.5, 0.6) is 5.88 Å². The van der Waals surface area contributed by atoms with Gasteiger partial charge in [-0.25, -0.2) is 4.98 Å². The molecule has 5 nitrogen and oxygen atoms in total. The lowest BCUT2D eigenvalue weighted by molar-refractivity contribution is 0.153. The van der Waals surface area contributed by atoms with E-state index in [-0.39, 0.29) is 12.6 Å². The molecule has 1 N–H and O–H groups in total. The SMILES string of the molecule is COc1ccc(CN2C[C@H](N(C)C)C[C@H]2CO)cn1. The van der Waals surface area contributed by atoms with Crippen LogP contribution in [0.3, 0.4) is 0 Å². The summed E-state index contributed by atoms with van der Waals surface area (Å²) in [6, 6.07) is 4.67. The minimum absolute atomic E-state index is 0.216. The fourth-order valence-electron chi connectivity index (χ4n) is 2.57. The summed E-state index contributed by atoms with van der Waals surface area (Å²) in [4.78, 5) is 8.78. The minimum atomic E-state index is 0.216. The molecule has 0 unspecified atom stereocenters. The van der Waals surface area contributed by atoms with Crippen LogP contribution in [0.2, 0.25) is 0 Å². The highest BCUT2D eigenvalue weighted by Crippen LogP contribution is 2.22. The van der Waals surface area contributed by atoms with Gasteiger partial charge in [0.2, 0.25) is 5.88 Å². The second-order valence-electron chi connectivity index (χ2n) is 5.33. The highest BCUT2D eigenvalue weighted by molar-refractivity contribution is 5.18. The first-order chi connectivity index (χ1) is 9.13. The maximum absolute atomic E-state index is 9.50. The molecule has 106 valence electrons. The summed E-state index contributed by atoms with van der Waals surface area (Å²) in [5.41, 5.74) is 1.15. The summed E-state index contributed by atoms with van der Waals surface area (Å²) in [6.45, 7) is 2.03. The lowest BCUT2D eigenvalue weighted by atomic mass is 10.1. The maximum atomic E-state index is 9.50. The van der Waals surface area contributed by atoms with E-state index in [9.17, 15) is 5.11 Å². The molecule has 0 bridgehead atoms. The molecule has 0 aromatic carbocycles. The van der Waals surface area contributed by atoms with Crippen LogP contribution in [-0.2, 0) is 6.54 Å². The molecular weight excluding hydrogens is 242 g/mol. The number of hydrogen-bond donors (Lipinski definition) is 1. The van der Waals surface area contributed by atoms with Gasteiger partial charge < -0.3 is 14.7 Å². The number of likely N-dealkylation sites (tertiary alicyclic amines) is 1. The predicted molar refractivity (Wildman–Crippen MR) is 74.2 cm³/mol. The average molecular weight is 265 g/mol. The second kappa shape index (κ2) is 6.32. The van der Waals surface area contributed by atoms with E-state index in [2.05, 4.69) is 28.9 Å². The van der Waals surface area contributed by atoms with Gasteiger partial charge in [0.05, 0.1) is 13.7 Å². The molecule has 0 aliphatic carbocycles. The Morgan fingerprint density at radius 2 is 2.26 bits per heavy atom. The standard InChI is InChI=1S/C14H23N3O2/c1-16(2)12-6-13(10-18)17(9-12)8-11-4-5-14(19-3)15-7-11/h4-5,7,12-13,18H,6,8-10H2,1-3H3/t12-,13+/m1/s1. The van der Waals surface area contributed by atoms with E-state index in [1.54, 1.807) is 7.11 Å². The number of likely N-dealkylation sites (N-methyl/N-ethyl adjacent to an activating group) is 1. The van der Waals surface area contributed by atoms with Gasteiger partial charge in [0, 0.05) is 37.4 Å². The third-order valence-corrected chi connectivity index (χ3v) is 3.84. The molecular formula is C14H23N3O2. The lowest BCUT2D eigenvalue weighted by Crippen LogP contribution is -2.33. The van der Waals surface area contributed by atoms with Crippen molar-refractivity contribution in [1.29, 1.82) is 0 Å². The molecule has 0 radical (unpaired) electrons. The first-order valence-electron chi connectivity index (χ1n) is 6.64. The van der Waals surface area contributed by atoms with Gasteiger partial charge in [0.1, 0.15) is 0 Å². The number of aliphatic hydroxyl groups is 1. The van der Waals surface area contributed by atoms with Crippen LogP contribution in [0.1, 0.15) is 12.0 Å². The van der Waals surface area contributed by atoms with E-state index in [0.717, 1.165) is 25.1 Å². The smallest absolute Gasteiger partial charge is 0.212 e. The van der Waals surface area contributed by atoms with E-state index in [4.69, 9.17) is 4.74 Å². The minimum Gasteiger partial charge on any atom is -0.481 e. The molecule has 0 saturated carbocycles. The second-order valence-corrected chi connectivity index (χ2v) is 5.33. The van der Waals surface area contributed by atoms with Crippen LogP contribution < -0.4 is 4.74 Å². The molecule has 1 saturated heterocycles. The fraction of sp³-hybridized carbons (Fsp3) is 0.643. The molecule has 2 heterocycles. The van der Waals surface area contributed by atoms with Crippen molar-refractivity contribution in [3.05, 3.63) is 23.9 Å². The van der Waals surface area contributed by atoms with Crippen molar-refractivity contribution in [3.8, 4) is 5.88 Å². The van der Waals surface area contributed by atoms with E-state index in [0.29, 0.717) is 11.9 Å². The van der Waals surface area contributed by atoms with Crippen molar-refractivity contribution in [2.24, 2.45) is 0 Å². The van der Waals surface area contributed by atoms with Gasteiger partial charge in [-0.05, 0) is 26.1 Å². The summed E-state index contributed by atoms with van der Waals surface area (Å²) >= 11 is 0. The van der Waals surface area contributed by atoms with E-state index >= 15 is 0 Å². The Balaban J connectivity index is 2.00. The molecule has 19 heavy (non-hydrogen) atoms. The van der Waals surface area contributed by atoms with Gasteiger partial charge in [-0.15, -0.1) is 0 Å². The zero-order valence-corrected chi connectivity index (χ0v) is 11.9. The van der Waals surface area contributed by atoms with Gasteiger partial charge >= 0.3 is 0 Å². The largest absolute Gasteiger partial charge is 0.481 e. The van der Waals surface area contributed by atoms with Gasteiger partial charge in [-0.1, -0.05) is 6.07 Å². The van der Waals surface area contributed by atoms with Crippen molar-refractivity contribution in [2.75, 3.05) is 34.4 Å². The third kappa shape index (κ3) is 3.43. The summed E-state index contributed by atoms with van der Waals surface area (Å²) in [7, 11) is 5.81. The predicted octanol–water partition coefficient (Wildman–Crippen LogP) is 0.587. The molecule has 1 aromatic rings. The van der Waals surface area contributed by atoms with Crippen LogP contribution in [0.4, 0.5) is 0 Å². The van der Waals surface area contributed by atoms with Gasteiger partial charge in [0.15, 0.2) is 0 Å². The Kier molecular flexibility index (Phi) is 4.74. The highest BCUT2D eigenvalue weighted by atomic mass is 16.5. The Morgan fingerprint density at radius 3 is 2.79 bits per heavy atom. The molecule has 1 aliphatic heterocycles. The summed E-state index contributed by atoms with van der Waals surface area (Å²) in [6.07, 6.45) is 2.86. The van der Waals surface area contributed by atoms with E-state index in [1.807, 2.05) is 18.3 Å². The number of aliphatic hydroxyl groups excluding tert-OH is 1. The van der Waals surface area contributed by atoms with Crippen molar-refractivity contribution in [3.63, 3.8) is 0 Å². The van der Waals surface area contributed by atoms with Crippen LogP contribution in [-0.4, -0.2) is 66.3 Å². The van der Waals surface area contributed by atoms with Crippen LogP contribution in [0.25, 0.3) is 0 Å². The van der Waals surface area contributed by atoms with E-state index in [1.165, 1.54) is 0 Å². The Hall–Kier alpha value is -1.17. The summed E-state index contributed by atoms with van der Waals surface area (Å²) in [5.74, 6) is 0.634. The number of rotatable bonds is 5. The number of pyridine rings is 1. The molecule has 2 atom stereocenters. The van der Waals surface area contributed by atoms with Crippen LogP contribution in [0, 0.1) is 0 Å². The van der Waals surface area contributed by atoms with E-state index < -0.39 is 0 Å². The fourth-order valence-corrected chi connectivity index (χ4v) is 2.57. The van der Waals surface area contributed by atoms with Crippen LogP contribution in [0.15, 0.2) is 18.3 Å². The normalized spacial score (nSPS) is 24.1. The Bertz CT molecular complexity index is 394. The zero-order chi connectivity index (χ0) is 13.8. The number of hydrogen-bond acceptors (Lipinski definition) is 5. The molecule has 0 spiro atoms. The van der Waals surface area contributed by atoms with Gasteiger partial charge in [-0.2, -0.15) is 0 Å². The third-order valence-electron chi connectivity index (χ3n) is 3.84. The monoisotopic (exact) mass is 265 g/mol. The number of nitrogens with zero attached hydrogens (tertiary/aromatic N) is 3. The topological polar surface area (TPSA) is 48.8 Å². The lowest BCUT2D eigenvalue weighted by Gasteiger charge is -2.22. The molecule has 1 fully saturated rings. The molecule has 0 amide bonds. The Morgan fingerprint density at radius 1 is 1.47 bits per heavy atom. The summed E-state index contributed by atoms with van der Waals surface area (Å²) < 4.78 is 5.06. The number of methoxy groups -OCH3 is 1. The van der Waals surface area contributed by atoms with Crippen LogP contribution >= 0.6 is 0 Å². The number of aromatic nitrogens is 1. The zero-order valence-electron chi connectivity index (χ0n) is 11.9. The number of ether oxygens (including phenoxy) is 1. The molecule has 1 aromatic heterocycles. The first-order valence-corrected chi connectivity index (χ1v) is 6.64.